The molecule has 3 N–H and O–H groups in total. The van der Waals surface area contributed by atoms with Crippen LogP contribution >= 0.6 is 11.3 Å². The summed E-state index contributed by atoms with van der Waals surface area (Å²) in [7, 11) is 0. The first-order valence-corrected chi connectivity index (χ1v) is 9.28. The minimum Gasteiger partial charge on any atom is -0.375 e. The number of carbonyl (C=O) groups excluding carboxylic acids is 2. The van der Waals surface area contributed by atoms with Crippen LogP contribution in [-0.4, -0.2) is 40.8 Å². The lowest BCUT2D eigenvalue weighted by Gasteiger charge is -2.36. The molecule has 1 atom stereocenters. The van der Waals surface area contributed by atoms with E-state index in [9.17, 15) is 9.59 Å². The van der Waals surface area contributed by atoms with Gasteiger partial charge in [0.2, 0.25) is 11.8 Å². The Morgan fingerprint density at radius 3 is 2.87 bits per heavy atom. The minimum absolute atomic E-state index is 0.0590. The van der Waals surface area contributed by atoms with Gasteiger partial charge in [-0.1, -0.05) is 12.8 Å². The monoisotopic (exact) mass is 336 g/mol. The maximum absolute atomic E-state index is 12.4. The summed E-state index contributed by atoms with van der Waals surface area (Å²) >= 11 is 1.42. The SMILES string of the molecule is Nc1nc(CCNC(=O)C2CCC(=O)N(C3CCCC3)C2)cs1. The third-order valence-corrected chi connectivity index (χ3v) is 5.55. The van der Waals surface area contributed by atoms with Crippen LogP contribution in [0.4, 0.5) is 5.13 Å². The molecule has 1 aromatic rings. The lowest BCUT2D eigenvalue weighted by atomic mass is 9.95. The molecule has 0 bridgehead atoms. The average Bonchev–Trinajstić information content (AvgIpc) is 3.19. The largest absolute Gasteiger partial charge is 0.375 e. The van der Waals surface area contributed by atoms with Crippen LogP contribution in [0.5, 0.6) is 0 Å². The number of likely N-dealkylation sites (tertiary alicyclic amines) is 1. The Balaban J connectivity index is 1.47. The van der Waals surface area contributed by atoms with Crippen molar-refractivity contribution in [2.75, 3.05) is 18.8 Å². The molecule has 6 nitrogen and oxygen atoms in total. The Labute approximate surface area is 140 Å². The Hall–Kier alpha value is -1.63. The molecule has 7 heteroatoms. The standard InChI is InChI=1S/C16H24N4O2S/c17-16-19-12(10-23-16)7-8-18-15(22)11-5-6-14(21)20(9-11)13-3-1-2-4-13/h10-11,13H,1-9H2,(H2,17,19)(H,18,22). The van der Waals surface area contributed by atoms with E-state index in [1.165, 1.54) is 24.2 Å². The highest BCUT2D eigenvalue weighted by molar-refractivity contribution is 7.13. The van der Waals surface area contributed by atoms with E-state index in [2.05, 4.69) is 10.3 Å². The van der Waals surface area contributed by atoms with Crippen molar-refractivity contribution in [1.29, 1.82) is 0 Å². The molecule has 126 valence electrons. The van der Waals surface area contributed by atoms with Gasteiger partial charge in [0.1, 0.15) is 0 Å². The lowest BCUT2D eigenvalue weighted by molar-refractivity contribution is -0.140. The normalized spacial score (nSPS) is 22.5. The second-order valence-electron chi connectivity index (χ2n) is 6.44. The summed E-state index contributed by atoms with van der Waals surface area (Å²) in [5.74, 6) is 0.205. The number of nitrogens with two attached hydrogens (primary N) is 1. The number of amides is 2. The summed E-state index contributed by atoms with van der Waals surface area (Å²) in [6.45, 7) is 1.15. The first-order chi connectivity index (χ1) is 11.1. The second kappa shape index (κ2) is 7.29. The lowest BCUT2D eigenvalue weighted by Crippen LogP contribution is -2.49. The maximum Gasteiger partial charge on any atom is 0.224 e. The van der Waals surface area contributed by atoms with Crippen molar-refractivity contribution in [3.8, 4) is 0 Å². The van der Waals surface area contributed by atoms with E-state index in [4.69, 9.17) is 5.73 Å². The van der Waals surface area contributed by atoms with Crippen molar-refractivity contribution in [1.82, 2.24) is 15.2 Å². The van der Waals surface area contributed by atoms with Gasteiger partial charge in [-0.25, -0.2) is 4.98 Å². The molecule has 2 heterocycles. The zero-order valence-corrected chi connectivity index (χ0v) is 14.1. The van der Waals surface area contributed by atoms with Crippen LogP contribution in [0.1, 0.15) is 44.2 Å². The zero-order chi connectivity index (χ0) is 16.2. The number of hydrogen-bond donors (Lipinski definition) is 2. The van der Waals surface area contributed by atoms with Crippen molar-refractivity contribution in [2.45, 2.75) is 51.0 Å². The quantitative estimate of drug-likeness (QED) is 0.854. The van der Waals surface area contributed by atoms with Gasteiger partial charge in [-0.3, -0.25) is 9.59 Å². The maximum atomic E-state index is 12.4. The summed E-state index contributed by atoms with van der Waals surface area (Å²) in [6, 6.07) is 0.357. The molecule has 0 radical (unpaired) electrons. The number of carbonyl (C=O) groups is 2. The molecule has 0 spiro atoms. The van der Waals surface area contributed by atoms with Crippen LogP contribution in [0, 0.1) is 5.92 Å². The molecule has 2 fully saturated rings. The van der Waals surface area contributed by atoms with Crippen LogP contribution in [0.2, 0.25) is 0 Å². The summed E-state index contributed by atoms with van der Waals surface area (Å²) in [5, 5.41) is 5.46. The Morgan fingerprint density at radius 1 is 1.39 bits per heavy atom. The number of nitrogens with one attached hydrogen (secondary N) is 1. The fourth-order valence-electron chi connectivity index (χ4n) is 3.55. The van der Waals surface area contributed by atoms with Gasteiger partial charge in [0, 0.05) is 37.4 Å². The van der Waals surface area contributed by atoms with Gasteiger partial charge in [-0.2, -0.15) is 0 Å². The van der Waals surface area contributed by atoms with E-state index in [0.717, 1.165) is 18.5 Å². The van der Waals surface area contributed by atoms with Crippen LogP contribution in [0.15, 0.2) is 5.38 Å². The van der Waals surface area contributed by atoms with Gasteiger partial charge < -0.3 is 16.0 Å². The summed E-state index contributed by atoms with van der Waals surface area (Å²) in [6.07, 6.45) is 6.42. The first kappa shape index (κ1) is 16.2. The molecular formula is C16H24N4O2S. The molecule has 2 amide bonds. The summed E-state index contributed by atoms with van der Waals surface area (Å²) < 4.78 is 0. The van der Waals surface area contributed by atoms with E-state index in [1.807, 2.05) is 10.3 Å². The van der Waals surface area contributed by atoms with Crippen LogP contribution < -0.4 is 11.1 Å². The van der Waals surface area contributed by atoms with Crippen LogP contribution in [-0.2, 0) is 16.0 Å². The summed E-state index contributed by atoms with van der Waals surface area (Å²) in [5.41, 5.74) is 6.51. The van der Waals surface area contributed by atoms with Gasteiger partial charge in [-0.05, 0) is 19.3 Å². The second-order valence-corrected chi connectivity index (χ2v) is 7.33. The van der Waals surface area contributed by atoms with Gasteiger partial charge in [0.25, 0.3) is 0 Å². The predicted octanol–water partition coefficient (Wildman–Crippen LogP) is 1.57. The molecule has 3 rings (SSSR count). The molecule has 1 saturated carbocycles. The summed E-state index contributed by atoms with van der Waals surface area (Å²) in [4.78, 5) is 30.6. The number of anilines is 1. The Bertz CT molecular complexity index is 568. The van der Waals surface area contributed by atoms with E-state index in [0.29, 0.717) is 43.5 Å². The third kappa shape index (κ3) is 4.02. The van der Waals surface area contributed by atoms with E-state index in [-0.39, 0.29) is 17.7 Å². The van der Waals surface area contributed by atoms with Gasteiger partial charge in [-0.15, -0.1) is 11.3 Å². The number of nitrogens with zero attached hydrogens (tertiary/aromatic N) is 2. The topological polar surface area (TPSA) is 88.3 Å². The molecule has 0 aromatic carbocycles. The van der Waals surface area contributed by atoms with Crippen molar-refractivity contribution < 1.29 is 9.59 Å². The highest BCUT2D eigenvalue weighted by atomic mass is 32.1. The van der Waals surface area contributed by atoms with Gasteiger partial charge in [0.05, 0.1) is 11.6 Å². The number of nitrogen functional groups attached to an aromatic ring is 1. The predicted molar refractivity (Wildman–Crippen MR) is 89.9 cm³/mol. The van der Waals surface area contributed by atoms with E-state index >= 15 is 0 Å². The fourth-order valence-corrected chi connectivity index (χ4v) is 4.15. The van der Waals surface area contributed by atoms with Gasteiger partial charge >= 0.3 is 0 Å². The zero-order valence-electron chi connectivity index (χ0n) is 13.3. The number of aromatic nitrogens is 1. The smallest absolute Gasteiger partial charge is 0.224 e. The van der Waals surface area contributed by atoms with Crippen molar-refractivity contribution in [3.63, 3.8) is 0 Å². The van der Waals surface area contributed by atoms with Crippen molar-refractivity contribution >= 4 is 28.3 Å². The number of piperidine rings is 1. The average molecular weight is 336 g/mol. The van der Waals surface area contributed by atoms with E-state index < -0.39 is 0 Å². The highest BCUT2D eigenvalue weighted by Crippen LogP contribution is 2.28. The molecule has 1 unspecified atom stereocenters. The fraction of sp³-hybridized carbons (Fsp3) is 0.688. The van der Waals surface area contributed by atoms with Crippen LogP contribution in [0.25, 0.3) is 0 Å². The number of hydrogen-bond acceptors (Lipinski definition) is 5. The van der Waals surface area contributed by atoms with Crippen molar-refractivity contribution in [2.24, 2.45) is 5.92 Å². The molecule has 2 aliphatic rings. The third-order valence-electron chi connectivity index (χ3n) is 4.83. The van der Waals surface area contributed by atoms with Crippen molar-refractivity contribution in [3.05, 3.63) is 11.1 Å². The molecular weight excluding hydrogens is 312 g/mol. The molecule has 1 saturated heterocycles. The molecule has 1 aliphatic heterocycles. The van der Waals surface area contributed by atoms with Crippen LogP contribution in [0.3, 0.4) is 0 Å². The van der Waals surface area contributed by atoms with Gasteiger partial charge in [0.15, 0.2) is 5.13 Å². The van der Waals surface area contributed by atoms with E-state index in [1.54, 1.807) is 0 Å². The Morgan fingerprint density at radius 2 is 2.17 bits per heavy atom. The molecule has 1 aliphatic carbocycles. The highest BCUT2D eigenvalue weighted by Gasteiger charge is 2.34. The molecule has 23 heavy (non-hydrogen) atoms. The molecule has 1 aromatic heterocycles. The minimum atomic E-state index is -0.0752. The number of rotatable bonds is 5. The first-order valence-electron chi connectivity index (χ1n) is 8.40. The number of thiazole rings is 1. The Kier molecular flexibility index (Phi) is 5.15.